The molecule has 6 N–H and O–H groups in total. The number of sulfone groups is 1. The molecule has 3 saturated heterocycles. The molecule has 0 spiro atoms. The Balaban J connectivity index is 1.45. The second-order valence-electron chi connectivity index (χ2n) is 17.7. The molecule has 3 fully saturated rings. The molecule has 60 heavy (non-hydrogen) atoms. The predicted molar refractivity (Wildman–Crippen MR) is 222 cm³/mol. The fourth-order valence-corrected chi connectivity index (χ4v) is 9.81. The summed E-state index contributed by atoms with van der Waals surface area (Å²) in [7, 11) is -1.30. The topological polar surface area (TPSA) is 212 Å². The van der Waals surface area contributed by atoms with E-state index in [4.69, 9.17) is 24.8 Å². The first kappa shape index (κ1) is 49.2. The second-order valence-corrected chi connectivity index (χ2v) is 19.7. The highest BCUT2D eigenvalue weighted by Crippen LogP contribution is 2.40. The van der Waals surface area contributed by atoms with Gasteiger partial charge in [-0.15, -0.1) is 0 Å². The van der Waals surface area contributed by atoms with Gasteiger partial charge in [0.05, 0.1) is 29.3 Å². The van der Waals surface area contributed by atoms with Crippen molar-refractivity contribution in [1.82, 2.24) is 15.2 Å². The maximum absolute atomic E-state index is 14.1. The van der Waals surface area contributed by atoms with Crippen LogP contribution in [0.2, 0.25) is 0 Å². The van der Waals surface area contributed by atoms with E-state index >= 15 is 0 Å². The molecule has 1 amide bonds. The summed E-state index contributed by atoms with van der Waals surface area (Å²) in [4.78, 5) is 57.1. The Labute approximate surface area is 355 Å². The number of benzene rings is 1. The molecule has 17 heteroatoms. The average Bonchev–Trinajstić information content (AvgIpc) is 3.43. The normalized spacial score (nSPS) is 34.5. The van der Waals surface area contributed by atoms with Crippen molar-refractivity contribution in [3.63, 3.8) is 0 Å². The minimum atomic E-state index is -3.32. The van der Waals surface area contributed by atoms with Crippen molar-refractivity contribution in [1.29, 1.82) is 0 Å². The highest BCUT2D eigenvalue weighted by molar-refractivity contribution is 7.90. The molecule has 3 aliphatic rings. The van der Waals surface area contributed by atoms with Gasteiger partial charge in [-0.3, -0.25) is 14.4 Å². The molecule has 0 unspecified atom stereocenters. The van der Waals surface area contributed by atoms with E-state index in [9.17, 15) is 32.0 Å². The van der Waals surface area contributed by atoms with Crippen LogP contribution in [0.3, 0.4) is 0 Å². The molecule has 0 aromatic heterocycles. The van der Waals surface area contributed by atoms with Crippen LogP contribution in [0.25, 0.3) is 0 Å². The number of alkyl halides is 1. The van der Waals surface area contributed by atoms with Crippen LogP contribution in [0.4, 0.5) is 9.18 Å². The van der Waals surface area contributed by atoms with Crippen LogP contribution >= 0.6 is 0 Å². The Morgan fingerprint density at radius 3 is 2.32 bits per heavy atom. The summed E-state index contributed by atoms with van der Waals surface area (Å²) in [6, 6.07) is 5.07. The minimum absolute atomic E-state index is 0.0546. The van der Waals surface area contributed by atoms with Crippen molar-refractivity contribution in [2.24, 2.45) is 35.4 Å². The molecule has 1 aromatic carbocycles. The van der Waals surface area contributed by atoms with E-state index in [2.05, 4.69) is 16.0 Å². The number of cyclic esters (lactones) is 1. The van der Waals surface area contributed by atoms with Crippen molar-refractivity contribution in [2.45, 2.75) is 147 Å². The molecule has 0 radical (unpaired) electrons. The fraction of sp³-hybridized carbons (Fsp3) is 0.721. The van der Waals surface area contributed by atoms with E-state index in [1.54, 1.807) is 46.0 Å². The lowest BCUT2D eigenvalue weighted by Crippen LogP contribution is -2.59. The number of nitrogens with zero attached hydrogens (tertiary/aromatic N) is 2. The van der Waals surface area contributed by atoms with Gasteiger partial charge in [0.2, 0.25) is 0 Å². The van der Waals surface area contributed by atoms with Crippen LogP contribution in [0, 0.1) is 29.6 Å². The zero-order valence-electron chi connectivity index (χ0n) is 37.0. The van der Waals surface area contributed by atoms with Crippen LogP contribution in [-0.2, 0) is 49.6 Å². The number of nitrogens with two attached hydrogens (primary N) is 1. The van der Waals surface area contributed by atoms with Gasteiger partial charge >= 0.3 is 12.1 Å². The van der Waals surface area contributed by atoms with Crippen LogP contribution in [0.1, 0.15) is 93.1 Å². The van der Waals surface area contributed by atoms with Crippen molar-refractivity contribution >= 4 is 33.5 Å². The van der Waals surface area contributed by atoms with E-state index in [1.807, 2.05) is 27.8 Å². The Kier molecular flexibility index (Phi) is 16.9. The molecule has 3 aliphatic heterocycles. The number of Topliss-reactive ketones (excluding diaryl/α,β-unsaturated/α-hetero) is 2. The van der Waals surface area contributed by atoms with Gasteiger partial charge in [-0.25, -0.2) is 28.5 Å². The number of hydrogen-bond donors (Lipinski definition) is 3. The SMILES string of the molecule is CC[C@H]1OC(=O)[C@H](C)C(=O)[C@H](C)[C@@H](O[C@H]2C[C@@H](N(C)CC/C([NH3+])=C/N[C@H](CF)Cc3ccc(S(C)(=O)=O)cc3)C[C@@H](C)O2)[C@@H](C)C[C@@H](C)C(=O)[C@H](C)[C@H]2N(N)C(=O)O[C@]12C. The predicted octanol–water partition coefficient (Wildman–Crippen LogP) is 3.74. The first-order valence-corrected chi connectivity index (χ1v) is 23.1. The number of nitrogens with one attached hydrogen (secondary N) is 1. The van der Waals surface area contributed by atoms with Crippen LogP contribution in [0.15, 0.2) is 41.1 Å². The monoisotopic (exact) mass is 866 g/mol. The third-order valence-corrected chi connectivity index (χ3v) is 13.9. The lowest BCUT2D eigenvalue weighted by molar-refractivity contribution is -0.308. The summed E-state index contributed by atoms with van der Waals surface area (Å²) in [5.41, 5.74) is 4.34. The molecule has 4 rings (SSSR count). The van der Waals surface area contributed by atoms with E-state index < -0.39 is 88.4 Å². The van der Waals surface area contributed by atoms with Crippen molar-refractivity contribution in [3.8, 4) is 0 Å². The number of halogens is 1. The summed E-state index contributed by atoms with van der Waals surface area (Å²) < 4.78 is 62.3. The average molecular weight is 867 g/mol. The third kappa shape index (κ3) is 11.7. The van der Waals surface area contributed by atoms with Crippen LogP contribution < -0.4 is 16.9 Å². The molecule has 0 saturated carbocycles. The van der Waals surface area contributed by atoms with E-state index in [0.717, 1.165) is 28.9 Å². The zero-order valence-corrected chi connectivity index (χ0v) is 37.8. The lowest BCUT2D eigenvalue weighted by Gasteiger charge is -2.42. The molecule has 13 atom stereocenters. The maximum atomic E-state index is 14.1. The van der Waals surface area contributed by atoms with Crippen molar-refractivity contribution < 1.29 is 56.7 Å². The van der Waals surface area contributed by atoms with Crippen LogP contribution in [0.5, 0.6) is 0 Å². The number of rotatable bonds is 13. The maximum Gasteiger partial charge on any atom is 0.425 e. The molecule has 338 valence electrons. The molecule has 0 aliphatic carbocycles. The number of hydrazine groups is 1. The first-order valence-electron chi connectivity index (χ1n) is 21.2. The highest BCUT2D eigenvalue weighted by Gasteiger charge is 2.59. The van der Waals surface area contributed by atoms with E-state index in [0.29, 0.717) is 32.2 Å². The smallest absolute Gasteiger partial charge is 0.425 e. The molecule has 1 aromatic rings. The Morgan fingerprint density at radius 2 is 1.72 bits per heavy atom. The lowest BCUT2D eigenvalue weighted by atomic mass is 9.75. The number of carbonyl (C=O) groups excluding carboxylic acids is 4. The third-order valence-electron chi connectivity index (χ3n) is 12.8. The summed E-state index contributed by atoms with van der Waals surface area (Å²) >= 11 is 0. The summed E-state index contributed by atoms with van der Waals surface area (Å²) in [5.74, 6) is 1.42. The molecular weight excluding hydrogens is 798 g/mol. The summed E-state index contributed by atoms with van der Waals surface area (Å²) in [6.07, 6.45) is 2.34. The molecule has 0 bridgehead atoms. The molecule has 15 nitrogen and oxygen atoms in total. The number of carbonyl (C=O) groups is 4. The Morgan fingerprint density at radius 1 is 1.07 bits per heavy atom. The largest absolute Gasteiger partial charge is 0.458 e. The fourth-order valence-electron chi connectivity index (χ4n) is 9.18. The minimum Gasteiger partial charge on any atom is -0.458 e. The number of ketones is 2. The Bertz CT molecular complexity index is 1820. The van der Waals surface area contributed by atoms with Crippen molar-refractivity contribution in [2.75, 3.05) is 26.5 Å². The van der Waals surface area contributed by atoms with Gasteiger partial charge in [0.25, 0.3) is 0 Å². The summed E-state index contributed by atoms with van der Waals surface area (Å²) in [6.45, 7) is 14.1. The van der Waals surface area contributed by atoms with E-state index in [-0.39, 0.29) is 40.9 Å². The summed E-state index contributed by atoms with van der Waals surface area (Å²) in [5, 5.41) is 4.04. The quantitative estimate of drug-likeness (QED) is 0.112. The van der Waals surface area contributed by atoms with Crippen LogP contribution in [-0.4, -0.2) is 117 Å². The zero-order chi connectivity index (χ0) is 44.9. The standard InChI is InChI=1S/C43H68FN5O10S/c1-11-35-43(8)40(49(46)42(53)59-43)28(6)37(50)24(2)18-25(3)39(27(5)38(51)29(7)41(52)57-35)58-36-21-33(19-26(4)56-36)48(9)17-16-31(45)23-47-32(22-44)20-30-12-14-34(15-13-30)60(10,54)55/h12-15,23-29,32-33,35-36,39-40,47H,11,16-22,45-46H2,1-10H3/p+1/b31-23-/t24-,25+,26-,27+,28+,29-,32+,33+,35-,36+,39+,40-,43-/m1/s1. The number of quaternary nitrogens is 1. The Hall–Kier alpha value is -3.48. The number of ether oxygens (including phenoxy) is 4. The molecular formula is C43H69FN5O10S+. The first-order chi connectivity index (χ1) is 28.0. The van der Waals surface area contributed by atoms with E-state index in [1.165, 1.54) is 19.1 Å². The number of amides is 1. The number of esters is 1. The van der Waals surface area contributed by atoms with Gasteiger partial charge in [-0.1, -0.05) is 46.8 Å². The van der Waals surface area contributed by atoms with Gasteiger partial charge < -0.3 is 34.9 Å². The number of hydrogen-bond acceptors (Lipinski definition) is 13. The van der Waals surface area contributed by atoms with Gasteiger partial charge in [0, 0.05) is 49.4 Å². The molecule has 3 heterocycles. The van der Waals surface area contributed by atoms with Gasteiger partial charge in [-0.2, -0.15) is 0 Å². The van der Waals surface area contributed by atoms with Crippen molar-refractivity contribution in [3.05, 3.63) is 41.7 Å². The van der Waals surface area contributed by atoms with Gasteiger partial charge in [0.1, 0.15) is 36.2 Å². The number of fused-ring (bicyclic) bond motifs is 1. The second kappa shape index (κ2) is 20.6. The van der Waals surface area contributed by atoms with Gasteiger partial charge in [-0.05, 0) is 77.1 Å². The highest BCUT2D eigenvalue weighted by atomic mass is 32.2. The van der Waals surface area contributed by atoms with Gasteiger partial charge in [0.15, 0.2) is 27.5 Å².